The molecule has 4 nitrogen and oxygen atoms in total. The molecule has 2 N–H and O–H groups in total. The maximum atomic E-state index is 5.74. The molecule has 0 aliphatic heterocycles. The van der Waals surface area contributed by atoms with E-state index in [9.17, 15) is 0 Å². The number of anilines is 1. The van der Waals surface area contributed by atoms with Crippen LogP contribution in [0.25, 0.3) is 21.1 Å². The molecular weight excluding hydrogens is 288 g/mol. The van der Waals surface area contributed by atoms with Crippen molar-refractivity contribution >= 4 is 27.8 Å². The van der Waals surface area contributed by atoms with Crippen LogP contribution in [0.1, 0.15) is 25.5 Å². The molecule has 0 unspecified atom stereocenters. The van der Waals surface area contributed by atoms with Crippen LogP contribution in [-0.4, -0.2) is 15.0 Å². The van der Waals surface area contributed by atoms with Gasteiger partial charge in [-0.15, -0.1) is 22.7 Å². The second-order valence-electron chi connectivity index (χ2n) is 4.69. The van der Waals surface area contributed by atoms with Gasteiger partial charge < -0.3 is 5.73 Å². The summed E-state index contributed by atoms with van der Waals surface area (Å²) in [6.45, 7) is 4.29. The average Bonchev–Trinajstić information content (AvgIpc) is 3.05. The third kappa shape index (κ3) is 2.44. The SMILES string of the molecule is CC(C)c1nc(-c2ccncc2)sc1-c1csc(N)n1. The van der Waals surface area contributed by atoms with Gasteiger partial charge in [0.1, 0.15) is 5.01 Å². The van der Waals surface area contributed by atoms with E-state index in [1.54, 1.807) is 23.7 Å². The highest BCUT2D eigenvalue weighted by Crippen LogP contribution is 2.38. The van der Waals surface area contributed by atoms with E-state index in [4.69, 9.17) is 10.7 Å². The third-order valence-electron chi connectivity index (χ3n) is 2.88. The van der Waals surface area contributed by atoms with Crippen molar-refractivity contribution in [2.45, 2.75) is 19.8 Å². The number of hydrogen-bond donors (Lipinski definition) is 1. The third-order valence-corrected chi connectivity index (χ3v) is 4.70. The van der Waals surface area contributed by atoms with Crippen molar-refractivity contribution in [2.24, 2.45) is 0 Å². The Hall–Kier alpha value is -1.79. The van der Waals surface area contributed by atoms with Crippen molar-refractivity contribution in [1.29, 1.82) is 0 Å². The fourth-order valence-electron chi connectivity index (χ4n) is 1.92. The summed E-state index contributed by atoms with van der Waals surface area (Å²) in [5.41, 5.74) is 8.83. The lowest BCUT2D eigenvalue weighted by molar-refractivity contribution is 0.835. The van der Waals surface area contributed by atoms with Crippen molar-refractivity contribution < 1.29 is 0 Å². The zero-order chi connectivity index (χ0) is 14.1. The molecule has 0 aliphatic rings. The molecule has 0 amide bonds. The molecule has 3 aromatic rings. The van der Waals surface area contributed by atoms with E-state index >= 15 is 0 Å². The summed E-state index contributed by atoms with van der Waals surface area (Å²) in [6, 6.07) is 3.95. The summed E-state index contributed by atoms with van der Waals surface area (Å²) in [4.78, 5) is 14.3. The number of nitrogens with zero attached hydrogens (tertiary/aromatic N) is 3. The van der Waals surface area contributed by atoms with Crippen LogP contribution in [0.2, 0.25) is 0 Å². The monoisotopic (exact) mass is 302 g/mol. The summed E-state index contributed by atoms with van der Waals surface area (Å²) in [6.07, 6.45) is 3.57. The minimum atomic E-state index is 0.347. The summed E-state index contributed by atoms with van der Waals surface area (Å²) in [5, 5.41) is 3.58. The van der Waals surface area contributed by atoms with Gasteiger partial charge in [0.05, 0.1) is 16.3 Å². The molecule has 0 radical (unpaired) electrons. The van der Waals surface area contributed by atoms with Crippen molar-refractivity contribution in [2.75, 3.05) is 5.73 Å². The maximum absolute atomic E-state index is 5.74. The molecule has 0 fully saturated rings. The molecule has 102 valence electrons. The van der Waals surface area contributed by atoms with Gasteiger partial charge in [-0.1, -0.05) is 13.8 Å². The molecule has 3 heterocycles. The minimum Gasteiger partial charge on any atom is -0.375 e. The summed E-state index contributed by atoms with van der Waals surface area (Å²) in [5.74, 6) is 0.347. The van der Waals surface area contributed by atoms with Crippen LogP contribution in [-0.2, 0) is 0 Å². The molecule has 0 saturated heterocycles. The first-order valence-corrected chi connectivity index (χ1v) is 7.97. The molecule has 0 bridgehead atoms. The van der Waals surface area contributed by atoms with Gasteiger partial charge in [0, 0.05) is 23.3 Å². The Morgan fingerprint density at radius 3 is 2.50 bits per heavy atom. The number of thiazole rings is 2. The lowest BCUT2D eigenvalue weighted by atomic mass is 10.1. The number of nitrogen functional groups attached to an aromatic ring is 1. The second kappa shape index (κ2) is 5.30. The van der Waals surface area contributed by atoms with Crippen LogP contribution in [0.5, 0.6) is 0 Å². The Labute approximate surface area is 125 Å². The number of aromatic nitrogens is 3. The molecular formula is C14H14N4S2. The molecule has 3 aromatic heterocycles. The van der Waals surface area contributed by atoms with Crippen molar-refractivity contribution in [3.8, 4) is 21.1 Å². The first kappa shape index (κ1) is 13.2. The van der Waals surface area contributed by atoms with E-state index in [1.807, 2.05) is 17.5 Å². The maximum Gasteiger partial charge on any atom is 0.180 e. The summed E-state index contributed by atoms with van der Waals surface area (Å²) >= 11 is 3.12. The lowest BCUT2D eigenvalue weighted by Gasteiger charge is -2.02. The topological polar surface area (TPSA) is 64.7 Å². The van der Waals surface area contributed by atoms with Crippen LogP contribution in [0.3, 0.4) is 0 Å². The molecule has 6 heteroatoms. The molecule has 3 rings (SSSR count). The van der Waals surface area contributed by atoms with Gasteiger partial charge in [0.15, 0.2) is 5.13 Å². The minimum absolute atomic E-state index is 0.347. The molecule has 0 aliphatic carbocycles. The van der Waals surface area contributed by atoms with E-state index in [0.29, 0.717) is 11.0 Å². The number of hydrogen-bond acceptors (Lipinski definition) is 6. The first-order chi connectivity index (χ1) is 9.65. The predicted molar refractivity (Wildman–Crippen MR) is 85.0 cm³/mol. The smallest absolute Gasteiger partial charge is 0.180 e. The Morgan fingerprint density at radius 2 is 1.90 bits per heavy atom. The lowest BCUT2D eigenvalue weighted by Crippen LogP contribution is -1.91. The van der Waals surface area contributed by atoms with Gasteiger partial charge in [0.25, 0.3) is 0 Å². The standard InChI is InChI=1S/C14H14N4S2/c1-8(2)11-12(10-7-19-14(15)17-10)20-13(18-11)9-3-5-16-6-4-9/h3-8H,1-2H3,(H2,15,17). The molecule has 0 spiro atoms. The molecule has 0 saturated carbocycles. The molecule has 0 atom stereocenters. The Kier molecular flexibility index (Phi) is 3.50. The van der Waals surface area contributed by atoms with Crippen LogP contribution in [0.4, 0.5) is 5.13 Å². The van der Waals surface area contributed by atoms with E-state index < -0.39 is 0 Å². The van der Waals surface area contributed by atoms with E-state index in [-0.39, 0.29) is 0 Å². The van der Waals surface area contributed by atoms with Gasteiger partial charge in [-0.3, -0.25) is 4.98 Å². The van der Waals surface area contributed by atoms with Gasteiger partial charge in [0.2, 0.25) is 0 Å². The summed E-state index contributed by atoms with van der Waals surface area (Å²) in [7, 11) is 0. The fraction of sp³-hybridized carbons (Fsp3) is 0.214. The second-order valence-corrected chi connectivity index (χ2v) is 6.58. The molecule has 20 heavy (non-hydrogen) atoms. The highest BCUT2D eigenvalue weighted by atomic mass is 32.1. The van der Waals surface area contributed by atoms with Crippen LogP contribution >= 0.6 is 22.7 Å². The molecule has 0 aromatic carbocycles. The normalized spacial score (nSPS) is 11.2. The Morgan fingerprint density at radius 1 is 1.15 bits per heavy atom. The number of pyridine rings is 1. The quantitative estimate of drug-likeness (QED) is 0.793. The van der Waals surface area contributed by atoms with Crippen LogP contribution in [0.15, 0.2) is 29.9 Å². The zero-order valence-corrected chi connectivity index (χ0v) is 12.8. The zero-order valence-electron chi connectivity index (χ0n) is 11.2. The van der Waals surface area contributed by atoms with Gasteiger partial charge in [-0.25, -0.2) is 9.97 Å². The van der Waals surface area contributed by atoms with Gasteiger partial charge in [-0.05, 0) is 18.1 Å². The average molecular weight is 302 g/mol. The predicted octanol–water partition coefficient (Wildman–Crippen LogP) is 4.03. The largest absolute Gasteiger partial charge is 0.375 e. The first-order valence-electron chi connectivity index (χ1n) is 6.27. The van der Waals surface area contributed by atoms with Crippen molar-refractivity contribution in [1.82, 2.24) is 15.0 Å². The number of rotatable bonds is 3. The van der Waals surface area contributed by atoms with E-state index in [2.05, 4.69) is 23.8 Å². The van der Waals surface area contributed by atoms with Crippen molar-refractivity contribution in [3.63, 3.8) is 0 Å². The van der Waals surface area contributed by atoms with Crippen LogP contribution in [0, 0.1) is 0 Å². The van der Waals surface area contributed by atoms with Crippen molar-refractivity contribution in [3.05, 3.63) is 35.6 Å². The number of nitrogens with two attached hydrogens (primary N) is 1. The van der Waals surface area contributed by atoms with Gasteiger partial charge >= 0.3 is 0 Å². The van der Waals surface area contributed by atoms with E-state index in [1.165, 1.54) is 11.3 Å². The van der Waals surface area contributed by atoms with Crippen LogP contribution < -0.4 is 5.73 Å². The highest BCUT2D eigenvalue weighted by molar-refractivity contribution is 7.19. The highest BCUT2D eigenvalue weighted by Gasteiger charge is 2.18. The summed E-state index contributed by atoms with van der Waals surface area (Å²) < 4.78 is 0. The van der Waals surface area contributed by atoms with E-state index in [0.717, 1.165) is 26.8 Å². The Bertz CT molecular complexity index is 716. The Balaban J connectivity index is 2.12. The fourth-order valence-corrected chi connectivity index (χ4v) is 3.73. The van der Waals surface area contributed by atoms with Gasteiger partial charge in [-0.2, -0.15) is 0 Å².